The van der Waals surface area contributed by atoms with Gasteiger partial charge >= 0.3 is 6.18 Å². The fraction of sp³-hybridized carbons (Fsp3) is 0.118. The highest BCUT2D eigenvalue weighted by Crippen LogP contribution is 2.29. The number of aromatic hydroxyl groups is 1. The second-order valence-corrected chi connectivity index (χ2v) is 5.38. The Kier molecular flexibility index (Phi) is 4.26. The molecule has 2 N–H and O–H groups in total. The SMILES string of the molecule is Cc1cc(Nc2nccc(C(F)(F)F)n2)cc(-c2ccc(O)nc2)c1. The second kappa shape index (κ2) is 6.39. The third kappa shape index (κ3) is 4.03. The van der Waals surface area contributed by atoms with Gasteiger partial charge in [-0.1, -0.05) is 6.07 Å². The molecule has 2 aromatic heterocycles. The van der Waals surface area contributed by atoms with Crippen molar-refractivity contribution >= 4 is 11.6 Å². The van der Waals surface area contributed by atoms with Crippen molar-refractivity contribution in [1.29, 1.82) is 0 Å². The minimum Gasteiger partial charge on any atom is -0.493 e. The van der Waals surface area contributed by atoms with Crippen LogP contribution in [0, 0.1) is 6.92 Å². The predicted molar refractivity (Wildman–Crippen MR) is 86.4 cm³/mol. The molecule has 3 aromatic rings. The van der Waals surface area contributed by atoms with Gasteiger partial charge in [-0.25, -0.2) is 15.0 Å². The number of nitrogens with one attached hydrogen (secondary N) is 1. The maximum Gasteiger partial charge on any atom is 0.433 e. The first kappa shape index (κ1) is 16.7. The van der Waals surface area contributed by atoms with Crippen LogP contribution in [0.4, 0.5) is 24.8 Å². The number of hydrogen-bond acceptors (Lipinski definition) is 5. The van der Waals surface area contributed by atoms with Crippen LogP contribution in [0.25, 0.3) is 11.1 Å². The van der Waals surface area contributed by atoms with Crippen molar-refractivity contribution in [2.75, 3.05) is 5.32 Å². The molecule has 0 saturated heterocycles. The van der Waals surface area contributed by atoms with Gasteiger partial charge in [-0.05, 0) is 42.3 Å². The average molecular weight is 346 g/mol. The zero-order valence-electron chi connectivity index (χ0n) is 13.0. The lowest BCUT2D eigenvalue weighted by molar-refractivity contribution is -0.141. The van der Waals surface area contributed by atoms with Crippen LogP contribution in [-0.4, -0.2) is 20.1 Å². The van der Waals surface area contributed by atoms with E-state index in [1.165, 1.54) is 12.3 Å². The highest BCUT2D eigenvalue weighted by Gasteiger charge is 2.32. The van der Waals surface area contributed by atoms with Gasteiger partial charge in [0.2, 0.25) is 11.8 Å². The molecule has 8 heteroatoms. The summed E-state index contributed by atoms with van der Waals surface area (Å²) in [5, 5.41) is 12.1. The number of nitrogens with zero attached hydrogens (tertiary/aromatic N) is 3. The number of alkyl halides is 3. The van der Waals surface area contributed by atoms with Crippen LogP contribution in [0.1, 0.15) is 11.3 Å². The number of hydrogen-bond donors (Lipinski definition) is 2. The molecule has 0 atom stereocenters. The maximum atomic E-state index is 12.7. The van der Waals surface area contributed by atoms with Crippen LogP contribution >= 0.6 is 0 Å². The molecule has 0 amide bonds. The van der Waals surface area contributed by atoms with Gasteiger partial charge in [-0.3, -0.25) is 0 Å². The van der Waals surface area contributed by atoms with Gasteiger partial charge < -0.3 is 10.4 Å². The molecule has 0 bridgehead atoms. The summed E-state index contributed by atoms with van der Waals surface area (Å²) in [6.07, 6.45) is -1.97. The molecule has 25 heavy (non-hydrogen) atoms. The summed E-state index contributed by atoms with van der Waals surface area (Å²) in [5.41, 5.74) is 1.97. The maximum absolute atomic E-state index is 12.7. The van der Waals surface area contributed by atoms with Gasteiger partial charge in [0.15, 0.2) is 0 Å². The van der Waals surface area contributed by atoms with Crippen LogP contribution < -0.4 is 5.32 Å². The van der Waals surface area contributed by atoms with E-state index in [1.807, 2.05) is 13.0 Å². The van der Waals surface area contributed by atoms with Crippen molar-refractivity contribution in [3.8, 4) is 17.0 Å². The van der Waals surface area contributed by atoms with Crippen molar-refractivity contribution in [1.82, 2.24) is 15.0 Å². The van der Waals surface area contributed by atoms with E-state index in [4.69, 9.17) is 0 Å². The highest BCUT2D eigenvalue weighted by molar-refractivity contribution is 5.70. The number of pyridine rings is 1. The van der Waals surface area contributed by atoms with Gasteiger partial charge in [0, 0.05) is 29.7 Å². The summed E-state index contributed by atoms with van der Waals surface area (Å²) in [6, 6.07) is 9.37. The van der Waals surface area contributed by atoms with E-state index in [-0.39, 0.29) is 11.8 Å². The quantitative estimate of drug-likeness (QED) is 0.739. The molecule has 1 aromatic carbocycles. The normalized spacial score (nSPS) is 11.4. The van der Waals surface area contributed by atoms with Gasteiger partial charge in [0.1, 0.15) is 5.69 Å². The Labute approximate surface area is 141 Å². The van der Waals surface area contributed by atoms with E-state index in [2.05, 4.69) is 20.3 Å². The van der Waals surface area contributed by atoms with Crippen molar-refractivity contribution in [3.63, 3.8) is 0 Å². The first-order valence-corrected chi connectivity index (χ1v) is 7.25. The van der Waals surface area contributed by atoms with E-state index in [0.29, 0.717) is 5.69 Å². The highest BCUT2D eigenvalue weighted by atomic mass is 19.4. The van der Waals surface area contributed by atoms with Crippen LogP contribution in [0.3, 0.4) is 0 Å². The minimum absolute atomic E-state index is 0.0906. The number of anilines is 2. The van der Waals surface area contributed by atoms with Crippen LogP contribution in [0.5, 0.6) is 5.88 Å². The molecule has 3 rings (SSSR count). The monoisotopic (exact) mass is 346 g/mol. The summed E-state index contributed by atoms with van der Waals surface area (Å²) in [5.74, 6) is -0.234. The molecule has 0 aliphatic heterocycles. The van der Waals surface area contributed by atoms with Crippen LogP contribution in [0.15, 0.2) is 48.8 Å². The average Bonchev–Trinajstić information content (AvgIpc) is 2.54. The largest absolute Gasteiger partial charge is 0.493 e. The van der Waals surface area contributed by atoms with E-state index in [0.717, 1.165) is 29.0 Å². The smallest absolute Gasteiger partial charge is 0.433 e. The Morgan fingerprint density at radius 3 is 2.48 bits per heavy atom. The Hall–Kier alpha value is -3.16. The van der Waals surface area contributed by atoms with Gasteiger partial charge in [-0.15, -0.1) is 0 Å². The molecule has 0 saturated carbocycles. The fourth-order valence-electron chi connectivity index (χ4n) is 2.28. The van der Waals surface area contributed by atoms with Gasteiger partial charge in [-0.2, -0.15) is 13.2 Å². The second-order valence-electron chi connectivity index (χ2n) is 5.38. The molecule has 2 heterocycles. The molecule has 0 aliphatic carbocycles. The van der Waals surface area contributed by atoms with Crippen molar-refractivity contribution in [2.24, 2.45) is 0 Å². The fourth-order valence-corrected chi connectivity index (χ4v) is 2.28. The van der Waals surface area contributed by atoms with Crippen LogP contribution in [-0.2, 0) is 6.18 Å². The number of aryl methyl sites for hydroxylation is 1. The first-order chi connectivity index (χ1) is 11.8. The Bertz CT molecular complexity index is 895. The van der Waals surface area contributed by atoms with E-state index in [1.54, 1.807) is 18.2 Å². The molecule has 0 spiro atoms. The Morgan fingerprint density at radius 2 is 1.80 bits per heavy atom. The summed E-state index contributed by atoms with van der Waals surface area (Å²) >= 11 is 0. The van der Waals surface area contributed by atoms with Gasteiger partial charge in [0.25, 0.3) is 0 Å². The standard InChI is InChI=1S/C17H13F3N4O/c1-10-6-12(11-2-3-15(25)22-9-11)8-13(7-10)23-16-21-5-4-14(24-16)17(18,19)20/h2-9H,1H3,(H,22,25)(H,21,23,24). The molecule has 0 radical (unpaired) electrons. The molecule has 0 fully saturated rings. The lowest BCUT2D eigenvalue weighted by atomic mass is 10.0. The third-order valence-corrected chi connectivity index (χ3v) is 3.36. The molecular weight excluding hydrogens is 333 g/mol. The Morgan fingerprint density at radius 1 is 1.00 bits per heavy atom. The van der Waals surface area contributed by atoms with E-state index in [9.17, 15) is 18.3 Å². The zero-order chi connectivity index (χ0) is 18.0. The van der Waals surface area contributed by atoms with Crippen molar-refractivity contribution in [3.05, 3.63) is 60.0 Å². The Balaban J connectivity index is 1.92. The lowest BCUT2D eigenvalue weighted by Crippen LogP contribution is -2.10. The van der Waals surface area contributed by atoms with E-state index < -0.39 is 11.9 Å². The summed E-state index contributed by atoms with van der Waals surface area (Å²) in [7, 11) is 0. The van der Waals surface area contributed by atoms with Crippen molar-refractivity contribution in [2.45, 2.75) is 13.1 Å². The number of aromatic nitrogens is 3. The van der Waals surface area contributed by atoms with Crippen molar-refractivity contribution < 1.29 is 18.3 Å². The molecular formula is C17H13F3N4O. The first-order valence-electron chi connectivity index (χ1n) is 7.25. The number of benzene rings is 1. The predicted octanol–water partition coefficient (Wildman–Crippen LogP) is 4.32. The number of rotatable bonds is 3. The lowest BCUT2D eigenvalue weighted by Gasteiger charge is -2.11. The molecule has 0 aliphatic rings. The van der Waals surface area contributed by atoms with Gasteiger partial charge in [0.05, 0.1) is 0 Å². The third-order valence-electron chi connectivity index (χ3n) is 3.36. The molecule has 128 valence electrons. The summed E-state index contributed by atoms with van der Waals surface area (Å²) < 4.78 is 38.2. The number of halogens is 3. The molecule has 5 nitrogen and oxygen atoms in total. The molecule has 0 unspecified atom stereocenters. The minimum atomic E-state index is -4.53. The summed E-state index contributed by atoms with van der Waals surface area (Å²) in [4.78, 5) is 11.1. The topological polar surface area (TPSA) is 70.9 Å². The van der Waals surface area contributed by atoms with Crippen LogP contribution in [0.2, 0.25) is 0 Å². The summed E-state index contributed by atoms with van der Waals surface area (Å²) in [6.45, 7) is 1.86. The zero-order valence-corrected chi connectivity index (χ0v) is 13.0. The van der Waals surface area contributed by atoms with E-state index >= 15 is 0 Å².